The Balaban J connectivity index is 1.42. The number of ether oxygens (including phenoxy) is 1. The van der Waals surface area contributed by atoms with E-state index in [9.17, 15) is 14.4 Å². The lowest BCUT2D eigenvalue weighted by molar-refractivity contribution is -0.148. The zero-order chi connectivity index (χ0) is 21.3. The van der Waals surface area contributed by atoms with Crippen LogP contribution < -0.4 is 10.6 Å². The molecule has 0 aliphatic carbocycles. The molecule has 0 radical (unpaired) electrons. The van der Waals surface area contributed by atoms with Gasteiger partial charge >= 0.3 is 5.97 Å². The first-order valence-electron chi connectivity index (χ1n) is 9.76. The molecule has 154 valence electrons. The van der Waals surface area contributed by atoms with E-state index in [1.807, 2.05) is 79.7 Å². The first-order valence-corrected chi connectivity index (χ1v) is 9.76. The van der Waals surface area contributed by atoms with Crippen LogP contribution in [0.15, 0.2) is 72.8 Å². The number of hydrogen-bond donors (Lipinski definition) is 2. The first-order chi connectivity index (χ1) is 14.5. The second-order valence-electron chi connectivity index (χ2n) is 6.96. The molecule has 0 aliphatic rings. The Morgan fingerprint density at radius 1 is 0.867 bits per heavy atom. The van der Waals surface area contributed by atoms with E-state index in [1.54, 1.807) is 0 Å². The van der Waals surface area contributed by atoms with Crippen molar-refractivity contribution in [2.45, 2.75) is 19.4 Å². The minimum absolute atomic E-state index is 0.178. The van der Waals surface area contributed by atoms with E-state index in [1.165, 1.54) is 0 Å². The van der Waals surface area contributed by atoms with Gasteiger partial charge in [0.25, 0.3) is 5.91 Å². The summed E-state index contributed by atoms with van der Waals surface area (Å²) in [5.74, 6) is -1.35. The van der Waals surface area contributed by atoms with E-state index in [0.717, 1.165) is 21.9 Å². The normalized spacial score (nSPS) is 11.5. The van der Waals surface area contributed by atoms with Crippen LogP contribution in [0.4, 0.5) is 0 Å². The molecule has 0 aliphatic heterocycles. The highest BCUT2D eigenvalue weighted by Gasteiger charge is 2.14. The Morgan fingerprint density at radius 2 is 1.57 bits per heavy atom. The van der Waals surface area contributed by atoms with Gasteiger partial charge in [-0.2, -0.15) is 0 Å². The van der Waals surface area contributed by atoms with Crippen molar-refractivity contribution in [1.29, 1.82) is 0 Å². The lowest BCUT2D eigenvalue weighted by atomic mass is 10.00. The third-order valence-corrected chi connectivity index (χ3v) is 4.67. The van der Waals surface area contributed by atoms with Crippen molar-refractivity contribution in [3.63, 3.8) is 0 Å². The monoisotopic (exact) mass is 404 g/mol. The summed E-state index contributed by atoms with van der Waals surface area (Å²) in [5.41, 5.74) is 1.84. The average molecular weight is 404 g/mol. The number of amides is 2. The zero-order valence-electron chi connectivity index (χ0n) is 16.8. The lowest BCUT2D eigenvalue weighted by Crippen LogP contribution is -2.35. The fraction of sp³-hybridized carbons (Fsp3) is 0.208. The molecule has 1 atom stereocenters. The van der Waals surface area contributed by atoms with E-state index in [4.69, 9.17) is 4.74 Å². The van der Waals surface area contributed by atoms with Crippen molar-refractivity contribution in [2.75, 3.05) is 13.2 Å². The van der Waals surface area contributed by atoms with Gasteiger partial charge in [0.1, 0.15) is 6.54 Å². The molecule has 0 unspecified atom stereocenters. The number of esters is 1. The van der Waals surface area contributed by atoms with E-state index in [2.05, 4.69) is 10.6 Å². The van der Waals surface area contributed by atoms with Crippen LogP contribution in [0.3, 0.4) is 0 Å². The maximum atomic E-state index is 12.2. The van der Waals surface area contributed by atoms with Gasteiger partial charge in [0, 0.05) is 0 Å². The molecule has 0 saturated carbocycles. The highest BCUT2D eigenvalue weighted by Crippen LogP contribution is 2.23. The molecule has 0 heterocycles. The topological polar surface area (TPSA) is 84.5 Å². The van der Waals surface area contributed by atoms with Crippen LogP contribution in [-0.4, -0.2) is 30.9 Å². The van der Waals surface area contributed by atoms with Crippen LogP contribution in [0.5, 0.6) is 0 Å². The highest BCUT2D eigenvalue weighted by molar-refractivity contribution is 5.88. The molecule has 0 fully saturated rings. The lowest BCUT2D eigenvalue weighted by Gasteiger charge is -2.16. The highest BCUT2D eigenvalue weighted by atomic mass is 16.5. The minimum atomic E-state index is -0.663. The molecule has 6 heteroatoms. The fourth-order valence-corrected chi connectivity index (χ4v) is 3.20. The van der Waals surface area contributed by atoms with Gasteiger partial charge in [-0.05, 0) is 28.8 Å². The van der Waals surface area contributed by atoms with E-state index < -0.39 is 18.5 Å². The van der Waals surface area contributed by atoms with Crippen LogP contribution in [-0.2, 0) is 25.5 Å². The quantitative estimate of drug-likeness (QED) is 0.566. The van der Waals surface area contributed by atoms with Gasteiger partial charge in [0.15, 0.2) is 6.61 Å². The van der Waals surface area contributed by atoms with Gasteiger partial charge in [-0.15, -0.1) is 0 Å². The van der Waals surface area contributed by atoms with Crippen LogP contribution in [0.25, 0.3) is 10.8 Å². The van der Waals surface area contributed by atoms with Crippen LogP contribution in [0.2, 0.25) is 0 Å². The van der Waals surface area contributed by atoms with Gasteiger partial charge in [0.05, 0.1) is 12.5 Å². The van der Waals surface area contributed by atoms with Crippen molar-refractivity contribution < 1.29 is 19.1 Å². The van der Waals surface area contributed by atoms with Crippen molar-refractivity contribution in [2.24, 2.45) is 0 Å². The van der Waals surface area contributed by atoms with E-state index >= 15 is 0 Å². The molecule has 2 amide bonds. The van der Waals surface area contributed by atoms with Crippen LogP contribution >= 0.6 is 0 Å². The molecule has 3 rings (SSSR count). The number of carbonyl (C=O) groups excluding carboxylic acids is 3. The standard InChI is InChI=1S/C24H24N2O4/c1-17(20-13-7-11-19-10-5-6-12-21(19)20)26-23(28)16-30-24(29)15-25-22(27)14-18-8-3-2-4-9-18/h2-13,17H,14-16H2,1H3,(H,25,27)(H,26,28)/t17-/m0/s1. The molecule has 0 spiro atoms. The number of fused-ring (bicyclic) bond motifs is 1. The maximum Gasteiger partial charge on any atom is 0.325 e. The molecule has 6 nitrogen and oxygen atoms in total. The summed E-state index contributed by atoms with van der Waals surface area (Å²) in [7, 11) is 0. The van der Waals surface area contributed by atoms with Crippen molar-refractivity contribution >= 4 is 28.6 Å². The summed E-state index contributed by atoms with van der Waals surface area (Å²) in [6, 6.07) is 22.8. The van der Waals surface area contributed by atoms with Crippen molar-refractivity contribution in [1.82, 2.24) is 10.6 Å². The Labute approximate surface area is 175 Å². The SMILES string of the molecule is C[C@H](NC(=O)COC(=O)CNC(=O)Cc1ccccc1)c1cccc2ccccc12. The maximum absolute atomic E-state index is 12.2. The summed E-state index contributed by atoms with van der Waals surface area (Å²) < 4.78 is 4.96. The molecule has 3 aromatic carbocycles. The second kappa shape index (κ2) is 10.2. The Morgan fingerprint density at radius 3 is 2.37 bits per heavy atom. The predicted molar refractivity (Wildman–Crippen MR) is 115 cm³/mol. The second-order valence-corrected chi connectivity index (χ2v) is 6.96. The summed E-state index contributed by atoms with van der Waals surface area (Å²) in [6.07, 6.45) is 0.178. The number of carbonyl (C=O) groups is 3. The third kappa shape index (κ3) is 5.91. The number of benzene rings is 3. The van der Waals surface area contributed by atoms with Crippen LogP contribution in [0.1, 0.15) is 24.1 Å². The van der Waals surface area contributed by atoms with Crippen LogP contribution in [0, 0.1) is 0 Å². The van der Waals surface area contributed by atoms with E-state index in [0.29, 0.717) is 0 Å². The van der Waals surface area contributed by atoms with Crippen molar-refractivity contribution in [3.05, 3.63) is 83.9 Å². The molecule has 30 heavy (non-hydrogen) atoms. The molecule has 0 saturated heterocycles. The van der Waals surface area contributed by atoms with Crippen molar-refractivity contribution in [3.8, 4) is 0 Å². The Kier molecular flexibility index (Phi) is 7.16. The first kappa shape index (κ1) is 21.0. The third-order valence-electron chi connectivity index (χ3n) is 4.67. The average Bonchev–Trinajstić information content (AvgIpc) is 2.76. The minimum Gasteiger partial charge on any atom is -0.454 e. The molecular formula is C24H24N2O4. The summed E-state index contributed by atoms with van der Waals surface area (Å²) >= 11 is 0. The van der Waals surface area contributed by atoms with E-state index in [-0.39, 0.29) is 24.9 Å². The summed E-state index contributed by atoms with van der Waals surface area (Å²) in [6.45, 7) is 1.20. The number of rotatable bonds is 8. The molecular weight excluding hydrogens is 380 g/mol. The van der Waals surface area contributed by atoms with Gasteiger partial charge in [-0.25, -0.2) is 0 Å². The summed E-state index contributed by atoms with van der Waals surface area (Å²) in [4.78, 5) is 35.9. The van der Waals surface area contributed by atoms with Gasteiger partial charge in [-0.3, -0.25) is 14.4 Å². The molecule has 0 aromatic heterocycles. The Bertz CT molecular complexity index is 1030. The zero-order valence-corrected chi connectivity index (χ0v) is 16.8. The fourth-order valence-electron chi connectivity index (χ4n) is 3.20. The number of hydrogen-bond acceptors (Lipinski definition) is 4. The molecule has 2 N–H and O–H groups in total. The van der Waals surface area contributed by atoms with Gasteiger partial charge in [0.2, 0.25) is 5.91 Å². The molecule has 3 aromatic rings. The predicted octanol–water partition coefficient (Wildman–Crippen LogP) is 2.92. The largest absolute Gasteiger partial charge is 0.454 e. The summed E-state index contributed by atoms with van der Waals surface area (Å²) in [5, 5.41) is 7.49. The van der Waals surface area contributed by atoms with Gasteiger partial charge in [-0.1, -0.05) is 72.8 Å². The Hall–Kier alpha value is -3.67. The smallest absolute Gasteiger partial charge is 0.325 e. The number of nitrogens with one attached hydrogen (secondary N) is 2. The molecule has 0 bridgehead atoms. The van der Waals surface area contributed by atoms with Gasteiger partial charge < -0.3 is 15.4 Å².